The Bertz CT molecular complexity index is 269. The van der Waals surface area contributed by atoms with Gasteiger partial charge in [-0.2, -0.15) is 0 Å². The quantitative estimate of drug-likeness (QED) is 0.683. The molecule has 0 aliphatic carbocycles. The van der Waals surface area contributed by atoms with E-state index in [1.54, 1.807) is 13.2 Å². The minimum Gasteiger partial charge on any atom is -0.478 e. The van der Waals surface area contributed by atoms with Gasteiger partial charge in [0.15, 0.2) is 0 Å². The number of unbranched alkanes of at least 4 members (excludes halogenated alkanes) is 1. The van der Waals surface area contributed by atoms with Crippen LogP contribution in [0.4, 0.5) is 5.82 Å². The molecule has 1 heterocycles. The van der Waals surface area contributed by atoms with Gasteiger partial charge in [-0.1, -0.05) is 13.3 Å². The zero-order chi connectivity index (χ0) is 11.6. The summed E-state index contributed by atoms with van der Waals surface area (Å²) in [5.74, 6) is 1.38. The van der Waals surface area contributed by atoms with Gasteiger partial charge in [0.05, 0.1) is 13.2 Å². The van der Waals surface area contributed by atoms with Gasteiger partial charge in [-0.05, 0) is 6.42 Å². The third-order valence-corrected chi connectivity index (χ3v) is 2.00. The lowest BCUT2D eigenvalue weighted by atomic mass is 10.4. The van der Waals surface area contributed by atoms with Crippen molar-refractivity contribution in [3.63, 3.8) is 0 Å². The van der Waals surface area contributed by atoms with E-state index >= 15 is 0 Å². The van der Waals surface area contributed by atoms with Crippen molar-refractivity contribution < 1.29 is 9.47 Å². The molecule has 1 N–H and O–H groups in total. The molecule has 1 rings (SSSR count). The van der Waals surface area contributed by atoms with E-state index in [4.69, 9.17) is 9.47 Å². The number of hydrogen-bond donors (Lipinski definition) is 1. The number of hydrogen-bond acceptors (Lipinski definition) is 5. The molecule has 0 amide bonds. The molecular formula is C11H19N3O2. The molecular weight excluding hydrogens is 206 g/mol. The second-order valence-corrected chi connectivity index (χ2v) is 3.36. The molecule has 0 spiro atoms. The highest BCUT2D eigenvalue weighted by Gasteiger charge is 1.98. The molecule has 0 aromatic carbocycles. The first-order valence-corrected chi connectivity index (χ1v) is 5.54. The molecule has 16 heavy (non-hydrogen) atoms. The van der Waals surface area contributed by atoms with Crippen LogP contribution in [0.5, 0.6) is 5.88 Å². The summed E-state index contributed by atoms with van der Waals surface area (Å²) in [5.41, 5.74) is 0. The van der Waals surface area contributed by atoms with Gasteiger partial charge in [0.1, 0.15) is 12.1 Å². The first kappa shape index (κ1) is 12.7. The topological polar surface area (TPSA) is 56.3 Å². The maximum atomic E-state index is 5.47. The van der Waals surface area contributed by atoms with Crippen LogP contribution >= 0.6 is 0 Å². The largest absolute Gasteiger partial charge is 0.478 e. The lowest BCUT2D eigenvalue weighted by Gasteiger charge is -2.07. The lowest BCUT2D eigenvalue weighted by Crippen LogP contribution is -2.09. The van der Waals surface area contributed by atoms with Gasteiger partial charge < -0.3 is 14.8 Å². The summed E-state index contributed by atoms with van der Waals surface area (Å²) in [5, 5.41) is 3.12. The molecule has 0 saturated heterocycles. The van der Waals surface area contributed by atoms with E-state index in [2.05, 4.69) is 22.2 Å². The van der Waals surface area contributed by atoms with Crippen LogP contribution in [-0.4, -0.2) is 36.8 Å². The monoisotopic (exact) mass is 225 g/mol. The predicted octanol–water partition coefficient (Wildman–Crippen LogP) is 1.71. The van der Waals surface area contributed by atoms with Crippen LogP contribution in [0.15, 0.2) is 12.4 Å². The van der Waals surface area contributed by atoms with E-state index in [1.807, 2.05) is 0 Å². The summed E-state index contributed by atoms with van der Waals surface area (Å²) in [4.78, 5) is 8.12. The van der Waals surface area contributed by atoms with E-state index in [0.717, 1.165) is 25.2 Å². The SMILES string of the molecule is CCCCOc1cc(NCCOC)ncn1. The average Bonchev–Trinajstić information content (AvgIpc) is 2.30. The maximum absolute atomic E-state index is 5.47. The van der Waals surface area contributed by atoms with Crippen molar-refractivity contribution in [2.24, 2.45) is 0 Å². The number of methoxy groups -OCH3 is 1. The van der Waals surface area contributed by atoms with E-state index in [1.165, 1.54) is 6.33 Å². The zero-order valence-corrected chi connectivity index (χ0v) is 9.90. The van der Waals surface area contributed by atoms with Crippen molar-refractivity contribution in [1.29, 1.82) is 0 Å². The fraction of sp³-hybridized carbons (Fsp3) is 0.636. The third-order valence-electron chi connectivity index (χ3n) is 2.00. The molecule has 0 saturated carbocycles. The molecule has 0 aliphatic rings. The van der Waals surface area contributed by atoms with Gasteiger partial charge in [0.2, 0.25) is 5.88 Å². The summed E-state index contributed by atoms with van der Waals surface area (Å²) in [6.07, 6.45) is 3.65. The number of ether oxygens (including phenoxy) is 2. The molecule has 0 unspecified atom stereocenters. The normalized spacial score (nSPS) is 10.1. The number of nitrogens with one attached hydrogen (secondary N) is 1. The Morgan fingerprint density at radius 2 is 2.19 bits per heavy atom. The molecule has 0 bridgehead atoms. The summed E-state index contributed by atoms with van der Waals surface area (Å²) in [6, 6.07) is 1.80. The average molecular weight is 225 g/mol. The van der Waals surface area contributed by atoms with Gasteiger partial charge >= 0.3 is 0 Å². The maximum Gasteiger partial charge on any atom is 0.218 e. The number of anilines is 1. The highest BCUT2D eigenvalue weighted by Crippen LogP contribution is 2.10. The predicted molar refractivity (Wildman–Crippen MR) is 62.8 cm³/mol. The van der Waals surface area contributed by atoms with Gasteiger partial charge in [0.25, 0.3) is 0 Å². The zero-order valence-electron chi connectivity index (χ0n) is 9.90. The molecule has 0 aliphatic heterocycles. The second-order valence-electron chi connectivity index (χ2n) is 3.36. The standard InChI is InChI=1S/C11H19N3O2/c1-3-4-6-16-11-8-10(13-9-14-11)12-5-7-15-2/h8-9H,3-7H2,1-2H3,(H,12,13,14). The van der Waals surface area contributed by atoms with Gasteiger partial charge in [-0.3, -0.25) is 0 Å². The highest BCUT2D eigenvalue weighted by atomic mass is 16.5. The second kappa shape index (κ2) is 7.87. The Morgan fingerprint density at radius 1 is 1.31 bits per heavy atom. The van der Waals surface area contributed by atoms with Crippen molar-refractivity contribution in [3.8, 4) is 5.88 Å². The molecule has 0 atom stereocenters. The summed E-state index contributed by atoms with van der Waals surface area (Å²) < 4.78 is 10.4. The Balaban J connectivity index is 2.37. The first-order valence-electron chi connectivity index (χ1n) is 5.54. The Kier molecular flexibility index (Phi) is 6.25. The van der Waals surface area contributed by atoms with Gasteiger partial charge in [-0.15, -0.1) is 0 Å². The van der Waals surface area contributed by atoms with E-state index in [-0.39, 0.29) is 0 Å². The van der Waals surface area contributed by atoms with Gasteiger partial charge in [0, 0.05) is 19.7 Å². The fourth-order valence-electron chi connectivity index (χ4n) is 1.12. The van der Waals surface area contributed by atoms with Crippen molar-refractivity contribution in [2.75, 3.05) is 32.2 Å². The van der Waals surface area contributed by atoms with Crippen LogP contribution in [0.3, 0.4) is 0 Å². The van der Waals surface area contributed by atoms with Crippen LogP contribution in [-0.2, 0) is 4.74 Å². The van der Waals surface area contributed by atoms with Crippen molar-refractivity contribution >= 4 is 5.82 Å². The minimum absolute atomic E-state index is 0.614. The summed E-state index contributed by atoms with van der Waals surface area (Å²) in [7, 11) is 1.67. The molecule has 0 fully saturated rings. The Labute approximate surface area is 96.2 Å². The Hall–Kier alpha value is -1.36. The third kappa shape index (κ3) is 4.93. The molecule has 5 nitrogen and oxygen atoms in total. The van der Waals surface area contributed by atoms with Crippen LogP contribution in [0, 0.1) is 0 Å². The number of rotatable bonds is 8. The molecule has 0 radical (unpaired) electrons. The molecule has 5 heteroatoms. The Morgan fingerprint density at radius 3 is 2.94 bits per heavy atom. The van der Waals surface area contributed by atoms with Crippen molar-refractivity contribution in [2.45, 2.75) is 19.8 Å². The molecule has 1 aromatic heterocycles. The minimum atomic E-state index is 0.614. The van der Waals surface area contributed by atoms with Crippen molar-refractivity contribution in [3.05, 3.63) is 12.4 Å². The van der Waals surface area contributed by atoms with E-state index in [0.29, 0.717) is 19.1 Å². The van der Waals surface area contributed by atoms with Crippen LogP contribution < -0.4 is 10.1 Å². The van der Waals surface area contributed by atoms with Crippen molar-refractivity contribution in [1.82, 2.24) is 9.97 Å². The number of aromatic nitrogens is 2. The summed E-state index contributed by atoms with van der Waals surface area (Å²) >= 11 is 0. The molecule has 1 aromatic rings. The van der Waals surface area contributed by atoms with Gasteiger partial charge in [-0.25, -0.2) is 9.97 Å². The number of nitrogens with zero attached hydrogens (tertiary/aromatic N) is 2. The van der Waals surface area contributed by atoms with Crippen LogP contribution in [0.2, 0.25) is 0 Å². The fourth-order valence-corrected chi connectivity index (χ4v) is 1.12. The first-order chi connectivity index (χ1) is 7.86. The molecule has 90 valence electrons. The van der Waals surface area contributed by atoms with Crippen LogP contribution in [0.25, 0.3) is 0 Å². The van der Waals surface area contributed by atoms with E-state index < -0.39 is 0 Å². The van der Waals surface area contributed by atoms with E-state index in [9.17, 15) is 0 Å². The van der Waals surface area contributed by atoms with Crippen LogP contribution in [0.1, 0.15) is 19.8 Å². The highest BCUT2D eigenvalue weighted by molar-refractivity contribution is 5.36. The summed E-state index contributed by atoms with van der Waals surface area (Å²) in [6.45, 7) is 4.20. The lowest BCUT2D eigenvalue weighted by molar-refractivity contribution is 0.210. The smallest absolute Gasteiger partial charge is 0.218 e.